The second kappa shape index (κ2) is 29.4. The minimum Gasteiger partial charge on any atom is -0.456 e. The fourth-order valence-electron chi connectivity index (χ4n) is 18.5. The Kier molecular flexibility index (Phi) is 12.1. The first-order valence-electron chi connectivity index (χ1n) is 52.3. The predicted molar refractivity (Wildman–Crippen MR) is 522 cm³/mol. The highest BCUT2D eigenvalue weighted by Gasteiger charge is 2.26. The van der Waals surface area contributed by atoms with E-state index in [1.54, 1.807) is 42.5 Å². The first-order valence-corrected chi connectivity index (χ1v) is 40.3. The van der Waals surface area contributed by atoms with E-state index in [-0.39, 0.29) is 137 Å². The van der Waals surface area contributed by atoms with Gasteiger partial charge in [-0.2, -0.15) is 0 Å². The zero-order valence-corrected chi connectivity index (χ0v) is 65.1. The number of hydrogen-bond donors (Lipinski definition) is 0. The van der Waals surface area contributed by atoms with E-state index in [2.05, 4.69) is 36.4 Å². The van der Waals surface area contributed by atoms with E-state index in [9.17, 15) is 11.0 Å². The Hall–Kier alpha value is -16.2. The molecular formula is C120H74O3. The van der Waals surface area contributed by atoms with Crippen molar-refractivity contribution in [1.29, 1.82) is 0 Å². The van der Waals surface area contributed by atoms with Crippen molar-refractivity contribution in [2.24, 2.45) is 0 Å². The van der Waals surface area contributed by atoms with Crippen LogP contribution in [0, 0.1) is 0 Å². The topological polar surface area (TPSA) is 39.4 Å². The molecule has 0 bridgehead atoms. The number of para-hydroxylation sites is 3. The smallest absolute Gasteiger partial charge is 0.136 e. The van der Waals surface area contributed by atoms with Crippen LogP contribution in [0.5, 0.6) is 0 Å². The van der Waals surface area contributed by atoms with Crippen LogP contribution in [0.1, 0.15) is 32.9 Å². The summed E-state index contributed by atoms with van der Waals surface area (Å²) in [6.45, 7) is 0. The average Bonchev–Trinajstić information content (AvgIpc) is 1.52. The van der Waals surface area contributed by atoms with E-state index < -0.39 is 72.5 Å². The summed E-state index contributed by atoms with van der Waals surface area (Å²) in [6, 6.07) is 86.7. The lowest BCUT2D eigenvalue weighted by molar-refractivity contribution is 0.668. The van der Waals surface area contributed by atoms with E-state index in [0.29, 0.717) is 116 Å². The molecule has 0 unspecified atom stereocenters. The van der Waals surface area contributed by atoms with E-state index >= 15 is 0 Å². The molecule has 0 atom stereocenters. The van der Waals surface area contributed by atoms with Crippen LogP contribution in [0.2, 0.25) is 0 Å². The Labute approximate surface area is 742 Å². The highest BCUT2D eigenvalue weighted by atomic mass is 16.3. The molecule has 123 heavy (non-hydrogen) atoms. The molecule has 0 fully saturated rings. The lowest BCUT2D eigenvalue weighted by atomic mass is 9.83. The molecular weight excluding hydrogens is 1490 g/mol. The van der Waals surface area contributed by atoms with Gasteiger partial charge in [-0.15, -0.1) is 0 Å². The molecule has 26 rings (SSSR count). The molecule has 3 nitrogen and oxygen atoms in total. The molecule has 0 saturated carbocycles. The van der Waals surface area contributed by atoms with Crippen LogP contribution in [0.4, 0.5) is 0 Å². The number of rotatable bonds is 8. The van der Waals surface area contributed by atoms with Crippen LogP contribution in [0.3, 0.4) is 0 Å². The molecule has 0 saturated heterocycles. The summed E-state index contributed by atoms with van der Waals surface area (Å²) in [6.07, 6.45) is 0. The molecule has 0 aliphatic heterocycles. The Morgan fingerprint density at radius 1 is 0.146 bits per heavy atom. The lowest BCUT2D eigenvalue weighted by Gasteiger charge is -2.20. The van der Waals surface area contributed by atoms with Crippen molar-refractivity contribution in [2.45, 2.75) is 0 Å². The van der Waals surface area contributed by atoms with Crippen LogP contribution in [-0.4, -0.2) is 0 Å². The maximum absolute atomic E-state index is 9.49. The Morgan fingerprint density at radius 3 is 0.854 bits per heavy atom. The van der Waals surface area contributed by atoms with Crippen molar-refractivity contribution >= 4 is 163 Å². The van der Waals surface area contributed by atoms with Gasteiger partial charge in [-0.1, -0.05) is 394 Å². The summed E-state index contributed by atoms with van der Waals surface area (Å²) in [5, 5.41) is 12.0. The van der Waals surface area contributed by atoms with E-state index in [0.717, 1.165) is 70.7 Å². The molecule has 572 valence electrons. The van der Waals surface area contributed by atoms with Crippen LogP contribution < -0.4 is 0 Å². The van der Waals surface area contributed by atoms with Crippen molar-refractivity contribution in [2.75, 3.05) is 0 Å². The van der Waals surface area contributed by atoms with Gasteiger partial charge in [-0.3, -0.25) is 0 Å². The van der Waals surface area contributed by atoms with Crippen molar-refractivity contribution in [3.05, 3.63) is 448 Å². The first-order chi connectivity index (χ1) is 71.0. The molecule has 26 aromatic rings. The quantitative estimate of drug-likeness (QED) is 0.142. The summed E-state index contributed by atoms with van der Waals surface area (Å²) < 4.78 is 236. The molecule has 0 aliphatic rings. The maximum atomic E-state index is 9.49. The standard InChI is InChI=1S/C46H28O.C42H26O.C32H20O/c1-2-13-30-28-31(25-24-29(30)12-1)32-26-27-39(34-15-4-3-14-33(32)34)44-35-16-5-7-18-37(35)45(38-19-8-6-17-36(38)44)41-21-11-23-43-46(41)40-20-9-10-22-42(40)47-43;1-2-13-27(14-3-1)29-25-28-15-4-5-16-30(28)37(26-29)41-33-19-8-6-17-31(33)40(32-18-7-9-20-34(32)41)36-22-12-24-39-42(36)35-21-10-11-23-38(35)43-39;1-2-11-21(12-3-1)30-22-13-4-6-15-24(22)31(25-16-7-5-14-23(25)30)27-18-10-20-29-32(27)26-17-8-9-19-28(26)33-29/h1-28H;1-26H;1-20H/i5D,6D,7D,8D,16D,17D,18D,19D;6D,7D,8D,9D,17D,18D,19D,20D;4D,5D,6D,7D,13D,14D,15D,16D. The van der Waals surface area contributed by atoms with Crippen molar-refractivity contribution in [3.63, 3.8) is 0 Å². The summed E-state index contributed by atoms with van der Waals surface area (Å²) in [4.78, 5) is 0. The molecule has 0 spiro atoms. The second-order valence-corrected chi connectivity index (χ2v) is 30.3. The minimum absolute atomic E-state index is 0.166. The number of furan rings is 3. The fraction of sp³-hybridized carbons (Fsp3) is 0. The molecule has 3 heteroatoms. The van der Waals surface area contributed by atoms with Crippen LogP contribution >= 0.6 is 0 Å². The Morgan fingerprint density at radius 2 is 0.439 bits per heavy atom. The lowest BCUT2D eigenvalue weighted by Crippen LogP contribution is -1.93. The summed E-state index contributed by atoms with van der Waals surface area (Å²) in [5.74, 6) is 0. The number of benzene rings is 23. The van der Waals surface area contributed by atoms with Gasteiger partial charge in [0.1, 0.15) is 33.5 Å². The third kappa shape index (κ3) is 11.7. The van der Waals surface area contributed by atoms with Gasteiger partial charge in [0, 0.05) is 32.3 Å². The van der Waals surface area contributed by atoms with Gasteiger partial charge in [0.15, 0.2) is 0 Å². The van der Waals surface area contributed by atoms with Gasteiger partial charge in [-0.05, 0) is 241 Å². The van der Waals surface area contributed by atoms with Crippen LogP contribution in [0.25, 0.3) is 252 Å². The monoisotopic (exact) mass is 1590 g/mol. The van der Waals surface area contributed by atoms with E-state index in [4.69, 9.17) is 35.2 Å². The Bertz CT molecular complexity index is 10100. The molecule has 23 aromatic carbocycles. The largest absolute Gasteiger partial charge is 0.456 e. The van der Waals surface area contributed by atoms with Crippen molar-refractivity contribution < 1.29 is 46.1 Å². The average molecular weight is 1590 g/mol. The summed E-state index contributed by atoms with van der Waals surface area (Å²) >= 11 is 0. The molecule has 0 radical (unpaired) electrons. The molecule has 0 aliphatic carbocycles. The summed E-state index contributed by atoms with van der Waals surface area (Å²) in [5.41, 5.74) is 12.5. The van der Waals surface area contributed by atoms with E-state index in [1.165, 1.54) is 0 Å². The zero-order chi connectivity index (χ0) is 102. The molecule has 3 heterocycles. The number of hydrogen-bond acceptors (Lipinski definition) is 3. The normalized spacial score (nSPS) is 14.5. The molecule has 0 N–H and O–H groups in total. The fourth-order valence-corrected chi connectivity index (χ4v) is 18.5. The third-order valence-electron chi connectivity index (χ3n) is 23.7. The third-order valence-corrected chi connectivity index (χ3v) is 23.7. The van der Waals surface area contributed by atoms with E-state index in [1.807, 2.05) is 224 Å². The zero-order valence-electron chi connectivity index (χ0n) is 89.1. The minimum atomic E-state index is -0.439. The number of fused-ring (bicyclic) bond motifs is 18. The SMILES string of the molecule is [2H]c1c([2H])c([2H])c2c(-c3cccc4oc5ccccc5c34)c3c([2H])c([2H])c([2H])c([2H])c3c(-c3cc(-c4ccccc4)cc4ccccc34)c2c1[2H].[2H]c1c([2H])c([2H])c2c(-c3cccc4oc5ccccc5c34)c3c([2H])c([2H])c([2H])c([2H])c3c(-c3ccc(-c4ccc5ccccc5c4)c4ccccc34)c2c1[2H].[2H]c1c([2H])c([2H])c2c(-c3cccc4oc5ccccc5c34)c3c([2H])c([2H])c([2H])c([2H])c3c(-c3ccccc3)c2c1[2H]. The highest BCUT2D eigenvalue weighted by molar-refractivity contribution is 6.31. The second-order valence-electron chi connectivity index (χ2n) is 30.3. The maximum Gasteiger partial charge on any atom is 0.136 e. The van der Waals surface area contributed by atoms with Gasteiger partial charge >= 0.3 is 0 Å². The van der Waals surface area contributed by atoms with Crippen LogP contribution in [0.15, 0.2) is 462 Å². The van der Waals surface area contributed by atoms with Gasteiger partial charge in [0.25, 0.3) is 0 Å². The predicted octanol–water partition coefficient (Wildman–Crippen LogP) is 34.5. The van der Waals surface area contributed by atoms with Gasteiger partial charge in [0.2, 0.25) is 0 Å². The first kappa shape index (κ1) is 50.5. The van der Waals surface area contributed by atoms with Gasteiger partial charge in [0.05, 0.1) is 32.9 Å². The summed E-state index contributed by atoms with van der Waals surface area (Å²) in [7, 11) is 0. The Balaban J connectivity index is 0.000000119. The highest BCUT2D eigenvalue weighted by Crippen LogP contribution is 2.53. The molecule has 3 aromatic heterocycles. The van der Waals surface area contributed by atoms with Gasteiger partial charge < -0.3 is 13.3 Å². The van der Waals surface area contributed by atoms with Crippen molar-refractivity contribution in [3.8, 4) is 89.0 Å². The van der Waals surface area contributed by atoms with Gasteiger partial charge in [-0.25, -0.2) is 0 Å². The molecule has 0 amide bonds. The van der Waals surface area contributed by atoms with Crippen LogP contribution in [-0.2, 0) is 0 Å². The van der Waals surface area contributed by atoms with Crippen molar-refractivity contribution in [1.82, 2.24) is 0 Å².